The van der Waals surface area contributed by atoms with E-state index in [1.165, 1.54) is 18.2 Å². The first kappa shape index (κ1) is 16.1. The maximum atomic E-state index is 12.2. The van der Waals surface area contributed by atoms with Gasteiger partial charge in [0, 0.05) is 17.1 Å². The number of primary sulfonamides is 1. The summed E-state index contributed by atoms with van der Waals surface area (Å²) in [4.78, 5) is 12.1. The number of carbonyl (C=O) groups excluding carboxylic acids is 1. The molecule has 3 N–H and O–H groups in total. The first-order chi connectivity index (χ1) is 11.4. The normalized spacial score (nSPS) is 11.4. The third-order valence-electron chi connectivity index (χ3n) is 3.52. The van der Waals surface area contributed by atoms with E-state index in [0.29, 0.717) is 5.69 Å². The molecule has 0 radical (unpaired) electrons. The highest BCUT2D eigenvalue weighted by atomic mass is 32.2. The Balaban J connectivity index is 1.75. The van der Waals surface area contributed by atoms with Crippen LogP contribution >= 0.6 is 0 Å². The first-order valence-electron chi connectivity index (χ1n) is 7.22. The number of nitrogens with zero attached hydrogens (tertiary/aromatic N) is 1. The van der Waals surface area contributed by atoms with Crippen molar-refractivity contribution in [3.8, 4) is 0 Å². The molecule has 0 saturated heterocycles. The van der Waals surface area contributed by atoms with Crippen molar-refractivity contribution < 1.29 is 17.8 Å². The Labute approximate surface area is 139 Å². The highest BCUT2D eigenvalue weighted by molar-refractivity contribution is 7.89. The molecule has 0 saturated carbocycles. The summed E-state index contributed by atoms with van der Waals surface area (Å²) >= 11 is 0. The number of pyridine rings is 1. The predicted molar refractivity (Wildman–Crippen MR) is 90.6 cm³/mol. The number of rotatable bonds is 4. The Hall–Kier alpha value is -2.77. The molecule has 0 bridgehead atoms. The standard InChI is InChI=1S/C17H15N3O3S/c18-24(22,23)16-7-3-6-15(10-16)19-17(21)12-20-9-8-13-4-1-2-5-14(13)11-20/h1-11H,12H2,(H2-,18,19,21,22,23)/p+1. The first-order valence-corrected chi connectivity index (χ1v) is 8.77. The second-order valence-corrected chi connectivity index (χ2v) is 6.93. The molecular weight excluding hydrogens is 326 g/mol. The Morgan fingerprint density at radius 1 is 1.04 bits per heavy atom. The van der Waals surface area contributed by atoms with E-state index in [1.54, 1.807) is 10.6 Å². The highest BCUT2D eigenvalue weighted by Gasteiger charge is 2.12. The van der Waals surface area contributed by atoms with Gasteiger partial charge >= 0.3 is 0 Å². The second kappa shape index (κ2) is 6.38. The molecule has 0 aliphatic heterocycles. The number of amides is 1. The molecule has 0 aliphatic carbocycles. The van der Waals surface area contributed by atoms with Crippen LogP contribution in [0.4, 0.5) is 5.69 Å². The van der Waals surface area contributed by atoms with Crippen LogP contribution in [0.1, 0.15) is 0 Å². The van der Waals surface area contributed by atoms with Crippen LogP contribution in [0, 0.1) is 0 Å². The number of benzene rings is 2. The van der Waals surface area contributed by atoms with Crippen molar-refractivity contribution in [3.05, 3.63) is 67.0 Å². The quantitative estimate of drug-likeness (QED) is 0.702. The molecular formula is C17H16N3O3S+. The van der Waals surface area contributed by atoms with E-state index in [4.69, 9.17) is 5.14 Å². The van der Waals surface area contributed by atoms with E-state index < -0.39 is 10.0 Å². The van der Waals surface area contributed by atoms with Crippen LogP contribution in [0.15, 0.2) is 71.9 Å². The van der Waals surface area contributed by atoms with Crippen LogP contribution in [0.25, 0.3) is 10.8 Å². The molecule has 7 heteroatoms. The van der Waals surface area contributed by atoms with E-state index in [-0.39, 0.29) is 17.3 Å². The van der Waals surface area contributed by atoms with Gasteiger partial charge in [-0.1, -0.05) is 24.3 Å². The Morgan fingerprint density at radius 3 is 2.54 bits per heavy atom. The van der Waals surface area contributed by atoms with Gasteiger partial charge in [-0.3, -0.25) is 4.79 Å². The Bertz CT molecular complexity index is 1020. The number of hydrogen-bond donors (Lipinski definition) is 2. The molecule has 0 spiro atoms. The van der Waals surface area contributed by atoms with Gasteiger partial charge in [-0.05, 0) is 29.7 Å². The van der Waals surface area contributed by atoms with Crippen molar-refractivity contribution in [1.29, 1.82) is 0 Å². The van der Waals surface area contributed by atoms with Crippen LogP contribution in [0.3, 0.4) is 0 Å². The third-order valence-corrected chi connectivity index (χ3v) is 4.43. The molecule has 1 aromatic heterocycles. The minimum Gasteiger partial charge on any atom is -0.321 e. The zero-order chi connectivity index (χ0) is 17.2. The monoisotopic (exact) mass is 342 g/mol. The minimum absolute atomic E-state index is 0.0429. The van der Waals surface area contributed by atoms with Gasteiger partial charge in [0.05, 0.1) is 4.90 Å². The Morgan fingerprint density at radius 2 is 1.79 bits per heavy atom. The minimum atomic E-state index is -3.80. The number of anilines is 1. The van der Waals surface area contributed by atoms with Crippen LogP contribution in [0.2, 0.25) is 0 Å². The fraction of sp³-hybridized carbons (Fsp3) is 0.0588. The molecule has 1 heterocycles. The SMILES string of the molecule is NS(=O)(=O)c1cccc(NC(=O)C[n+]2ccc3ccccc3c2)c1. The number of nitrogens with one attached hydrogen (secondary N) is 1. The summed E-state index contributed by atoms with van der Waals surface area (Å²) in [6, 6.07) is 15.6. The fourth-order valence-corrected chi connectivity index (χ4v) is 2.95. The smallest absolute Gasteiger partial charge is 0.290 e. The number of fused-ring (bicyclic) bond motifs is 1. The van der Waals surface area contributed by atoms with Gasteiger partial charge in [-0.25, -0.2) is 13.6 Å². The van der Waals surface area contributed by atoms with Gasteiger partial charge in [0.1, 0.15) is 0 Å². The molecule has 0 aliphatic rings. The van der Waals surface area contributed by atoms with Crippen LogP contribution in [-0.4, -0.2) is 14.3 Å². The van der Waals surface area contributed by atoms with Crippen molar-refractivity contribution in [3.63, 3.8) is 0 Å². The summed E-state index contributed by atoms with van der Waals surface area (Å²) in [7, 11) is -3.80. The largest absolute Gasteiger partial charge is 0.321 e. The molecule has 3 rings (SSSR count). The van der Waals surface area contributed by atoms with Gasteiger partial charge in [0.2, 0.25) is 16.6 Å². The number of hydrogen-bond acceptors (Lipinski definition) is 3. The lowest BCUT2D eigenvalue weighted by atomic mass is 10.2. The van der Waals surface area contributed by atoms with Crippen LogP contribution in [-0.2, 0) is 21.4 Å². The zero-order valence-electron chi connectivity index (χ0n) is 12.7. The summed E-state index contributed by atoms with van der Waals surface area (Å²) < 4.78 is 24.5. The summed E-state index contributed by atoms with van der Waals surface area (Å²) in [6.45, 7) is 0.116. The van der Waals surface area contributed by atoms with E-state index >= 15 is 0 Å². The van der Waals surface area contributed by atoms with Crippen molar-refractivity contribution in [2.45, 2.75) is 11.4 Å². The molecule has 122 valence electrons. The number of sulfonamides is 1. The Kier molecular flexibility index (Phi) is 4.28. The molecule has 3 aromatic rings. The fourth-order valence-electron chi connectivity index (χ4n) is 2.39. The van der Waals surface area contributed by atoms with Crippen molar-refractivity contribution in [2.75, 3.05) is 5.32 Å². The van der Waals surface area contributed by atoms with Crippen molar-refractivity contribution >= 4 is 32.4 Å². The lowest BCUT2D eigenvalue weighted by molar-refractivity contribution is -0.682. The molecule has 2 aromatic carbocycles. The van der Waals surface area contributed by atoms with Crippen LogP contribution < -0.4 is 15.0 Å². The number of carbonyl (C=O) groups is 1. The van der Waals surface area contributed by atoms with Crippen molar-refractivity contribution in [2.24, 2.45) is 5.14 Å². The van der Waals surface area contributed by atoms with E-state index in [9.17, 15) is 13.2 Å². The summed E-state index contributed by atoms with van der Waals surface area (Å²) in [5.74, 6) is -0.262. The number of nitrogens with two attached hydrogens (primary N) is 1. The third kappa shape index (κ3) is 3.76. The molecule has 24 heavy (non-hydrogen) atoms. The second-order valence-electron chi connectivity index (χ2n) is 5.37. The molecule has 0 unspecified atom stereocenters. The van der Waals surface area contributed by atoms with Gasteiger partial charge in [-0.2, -0.15) is 4.57 Å². The number of aromatic nitrogens is 1. The van der Waals surface area contributed by atoms with Crippen molar-refractivity contribution in [1.82, 2.24) is 0 Å². The molecule has 6 nitrogen and oxygen atoms in total. The molecule has 0 fully saturated rings. The molecule has 0 atom stereocenters. The summed E-state index contributed by atoms with van der Waals surface area (Å²) in [5, 5.41) is 9.88. The lowest BCUT2D eigenvalue weighted by Crippen LogP contribution is -2.39. The molecule has 1 amide bonds. The van der Waals surface area contributed by atoms with E-state index in [1.807, 2.05) is 42.7 Å². The van der Waals surface area contributed by atoms with Gasteiger partial charge in [0.15, 0.2) is 12.4 Å². The zero-order valence-corrected chi connectivity index (χ0v) is 13.5. The lowest BCUT2D eigenvalue weighted by Gasteiger charge is -2.05. The van der Waals surface area contributed by atoms with Gasteiger partial charge in [0.25, 0.3) is 5.91 Å². The highest BCUT2D eigenvalue weighted by Crippen LogP contribution is 2.14. The average molecular weight is 342 g/mol. The van der Waals surface area contributed by atoms with Crippen LogP contribution in [0.5, 0.6) is 0 Å². The van der Waals surface area contributed by atoms with Gasteiger partial charge in [-0.15, -0.1) is 0 Å². The summed E-state index contributed by atoms with van der Waals surface area (Å²) in [6.07, 6.45) is 3.71. The van der Waals surface area contributed by atoms with E-state index in [2.05, 4.69) is 5.32 Å². The summed E-state index contributed by atoms with van der Waals surface area (Å²) in [5.41, 5.74) is 0.382. The maximum absolute atomic E-state index is 12.2. The average Bonchev–Trinajstić information content (AvgIpc) is 2.54. The van der Waals surface area contributed by atoms with Gasteiger partial charge < -0.3 is 5.32 Å². The maximum Gasteiger partial charge on any atom is 0.290 e. The van der Waals surface area contributed by atoms with E-state index in [0.717, 1.165) is 10.8 Å². The predicted octanol–water partition coefficient (Wildman–Crippen LogP) is 1.41. The topological polar surface area (TPSA) is 93.1 Å².